The van der Waals surface area contributed by atoms with Crippen LogP contribution >= 0.6 is 0 Å². The largest absolute Gasteiger partial charge is 0.466 e. The highest BCUT2D eigenvalue weighted by Gasteiger charge is 2.52. The van der Waals surface area contributed by atoms with Crippen molar-refractivity contribution in [3.05, 3.63) is 0 Å². The molecule has 0 saturated carbocycles. The van der Waals surface area contributed by atoms with Crippen LogP contribution in [0.4, 0.5) is 0 Å². The normalized spacial score (nSPS) is 22.0. The van der Waals surface area contributed by atoms with Crippen molar-refractivity contribution in [1.82, 2.24) is 5.06 Å². The lowest BCUT2D eigenvalue weighted by atomic mass is 10.1. The fraction of sp³-hybridized carbons (Fsp3) is 0.769. The monoisotopic (exact) mass is 302 g/mol. The molecule has 0 aromatic rings. The van der Waals surface area contributed by atoms with E-state index in [4.69, 9.17) is 14.3 Å². The summed E-state index contributed by atoms with van der Waals surface area (Å²) in [6.45, 7) is 6.57. The zero-order valence-corrected chi connectivity index (χ0v) is 13.0. The van der Waals surface area contributed by atoms with E-state index in [-0.39, 0.29) is 19.0 Å². The highest BCUT2D eigenvalue weighted by atomic mass is 16.7. The van der Waals surface area contributed by atoms with Crippen LogP contribution in [0.1, 0.15) is 34.1 Å². The summed E-state index contributed by atoms with van der Waals surface area (Å²) in [5.41, 5.74) is -3.19. The fourth-order valence-corrected chi connectivity index (χ4v) is 1.93. The third-order valence-electron chi connectivity index (χ3n) is 2.70. The Balaban J connectivity index is 3.13. The van der Waals surface area contributed by atoms with Crippen LogP contribution in [0, 0.1) is 0 Å². The first-order valence-electron chi connectivity index (χ1n) is 6.74. The Kier molecular flexibility index (Phi) is 5.30. The summed E-state index contributed by atoms with van der Waals surface area (Å²) in [5, 5.41) is 11.2. The number of hydrogen-bond donors (Lipinski definition) is 1. The molecule has 1 N–H and O–H groups in total. The maximum atomic E-state index is 12.2. The van der Waals surface area contributed by atoms with Gasteiger partial charge >= 0.3 is 11.9 Å². The quantitative estimate of drug-likeness (QED) is 0.702. The molecule has 8 nitrogen and oxygen atoms in total. The molecule has 1 heterocycles. The van der Waals surface area contributed by atoms with E-state index in [0.717, 1.165) is 5.06 Å². The molecule has 0 saturated heterocycles. The van der Waals surface area contributed by atoms with Crippen molar-refractivity contribution in [2.24, 2.45) is 4.99 Å². The van der Waals surface area contributed by atoms with Crippen molar-refractivity contribution < 1.29 is 29.0 Å². The van der Waals surface area contributed by atoms with E-state index in [1.54, 1.807) is 13.8 Å². The maximum absolute atomic E-state index is 12.2. The van der Waals surface area contributed by atoms with E-state index >= 15 is 0 Å². The van der Waals surface area contributed by atoms with Gasteiger partial charge in [-0.25, -0.2) is 19.7 Å². The van der Waals surface area contributed by atoms with Crippen LogP contribution in [0.5, 0.6) is 0 Å². The molecule has 0 amide bonds. The van der Waals surface area contributed by atoms with Gasteiger partial charge in [0.2, 0.25) is 0 Å². The Hall–Kier alpha value is -1.67. The van der Waals surface area contributed by atoms with Crippen molar-refractivity contribution in [3.8, 4) is 0 Å². The molecule has 0 bridgehead atoms. The highest BCUT2D eigenvalue weighted by molar-refractivity contribution is 5.95. The van der Waals surface area contributed by atoms with Gasteiger partial charge in [0, 0.05) is 7.05 Å². The van der Waals surface area contributed by atoms with Gasteiger partial charge in [0.15, 0.2) is 5.84 Å². The predicted octanol–water partition coefficient (Wildman–Crippen LogP) is 0.245. The molecule has 120 valence electrons. The Morgan fingerprint density at radius 3 is 2.33 bits per heavy atom. The van der Waals surface area contributed by atoms with Crippen LogP contribution in [0.15, 0.2) is 4.99 Å². The van der Waals surface area contributed by atoms with Gasteiger partial charge in [0.25, 0.3) is 5.72 Å². The van der Waals surface area contributed by atoms with E-state index in [1.807, 2.05) is 0 Å². The van der Waals surface area contributed by atoms with Crippen LogP contribution in [0.25, 0.3) is 0 Å². The Labute approximate surface area is 123 Å². The predicted molar refractivity (Wildman–Crippen MR) is 73.2 cm³/mol. The summed E-state index contributed by atoms with van der Waals surface area (Å²) in [6.07, 6.45) is -0.427. The average molecular weight is 302 g/mol. The maximum Gasteiger partial charge on any atom is 0.364 e. The molecule has 0 aromatic heterocycles. The van der Waals surface area contributed by atoms with E-state index in [9.17, 15) is 14.7 Å². The molecule has 1 aliphatic rings. The molecule has 1 aliphatic heterocycles. The van der Waals surface area contributed by atoms with E-state index in [0.29, 0.717) is 0 Å². The number of nitrogens with zero attached hydrogens (tertiary/aromatic N) is 2. The second-order valence-corrected chi connectivity index (χ2v) is 5.07. The number of hydrogen-bond acceptors (Lipinski definition) is 8. The zero-order valence-electron chi connectivity index (χ0n) is 13.0. The molecule has 0 radical (unpaired) electrons. The minimum Gasteiger partial charge on any atom is -0.466 e. The van der Waals surface area contributed by atoms with Crippen molar-refractivity contribution in [2.75, 3.05) is 20.3 Å². The number of aliphatic hydroxyl groups is 1. The summed E-state index contributed by atoms with van der Waals surface area (Å²) >= 11 is 0. The van der Waals surface area contributed by atoms with Crippen LogP contribution in [0.2, 0.25) is 0 Å². The first-order valence-corrected chi connectivity index (χ1v) is 6.74. The number of carbonyl (C=O) groups excluding carboxylic acids is 2. The summed E-state index contributed by atoms with van der Waals surface area (Å²) in [7, 11) is 1.49. The Morgan fingerprint density at radius 1 is 1.33 bits per heavy atom. The second kappa shape index (κ2) is 6.40. The molecule has 0 aliphatic carbocycles. The smallest absolute Gasteiger partial charge is 0.364 e. The van der Waals surface area contributed by atoms with Crippen LogP contribution in [0.3, 0.4) is 0 Å². The lowest BCUT2D eigenvalue weighted by molar-refractivity contribution is -0.208. The molecule has 0 aromatic carbocycles. The lowest BCUT2D eigenvalue weighted by Crippen LogP contribution is -2.44. The number of amidine groups is 1. The number of rotatable bonds is 6. The number of carbonyl (C=O) groups is 2. The molecule has 0 spiro atoms. The van der Waals surface area contributed by atoms with Gasteiger partial charge in [0.05, 0.1) is 13.2 Å². The zero-order chi connectivity index (χ0) is 16.3. The third-order valence-corrected chi connectivity index (χ3v) is 2.70. The lowest BCUT2D eigenvalue weighted by Gasteiger charge is -2.24. The van der Waals surface area contributed by atoms with Gasteiger partial charge in [-0.15, -0.1) is 0 Å². The number of likely N-dealkylation sites (N-methyl/N-ethyl adjacent to an activating group) is 1. The average Bonchev–Trinajstić information content (AvgIpc) is 2.68. The Morgan fingerprint density at radius 2 is 1.90 bits per heavy atom. The molecule has 1 unspecified atom stereocenters. The minimum absolute atomic E-state index is 0.115. The van der Waals surface area contributed by atoms with Crippen molar-refractivity contribution in [1.29, 1.82) is 0 Å². The van der Waals surface area contributed by atoms with E-state index in [1.165, 1.54) is 20.9 Å². The number of esters is 2. The minimum atomic E-state index is -1.85. The fourth-order valence-electron chi connectivity index (χ4n) is 1.93. The molecular weight excluding hydrogens is 280 g/mol. The molecular formula is C13H22N2O6. The first-order chi connectivity index (χ1) is 9.66. The van der Waals surface area contributed by atoms with Gasteiger partial charge in [0.1, 0.15) is 12.0 Å². The van der Waals surface area contributed by atoms with Gasteiger partial charge in [-0.05, 0) is 27.7 Å². The molecule has 8 heteroatoms. The SMILES string of the molecule is CCOC(=O)CC1(C(=O)OCC)N=C(C(C)(C)O)N(C)O1. The van der Waals surface area contributed by atoms with Crippen molar-refractivity contribution in [2.45, 2.75) is 45.4 Å². The summed E-state index contributed by atoms with van der Waals surface area (Å²) < 4.78 is 9.77. The van der Waals surface area contributed by atoms with Crippen LogP contribution < -0.4 is 0 Å². The summed E-state index contributed by atoms with van der Waals surface area (Å²) in [6, 6.07) is 0. The summed E-state index contributed by atoms with van der Waals surface area (Å²) in [4.78, 5) is 33.4. The number of hydroxylamine groups is 2. The highest BCUT2D eigenvalue weighted by Crippen LogP contribution is 2.31. The number of aliphatic imine (C=N–C) groups is 1. The topological polar surface area (TPSA) is 97.7 Å². The molecule has 1 rings (SSSR count). The van der Waals surface area contributed by atoms with Crippen molar-refractivity contribution >= 4 is 17.8 Å². The second-order valence-electron chi connectivity index (χ2n) is 5.07. The van der Waals surface area contributed by atoms with E-state index < -0.39 is 29.7 Å². The van der Waals surface area contributed by atoms with Gasteiger partial charge in [-0.2, -0.15) is 0 Å². The van der Waals surface area contributed by atoms with Crippen LogP contribution in [-0.2, 0) is 23.9 Å². The van der Waals surface area contributed by atoms with E-state index in [2.05, 4.69) is 4.99 Å². The van der Waals surface area contributed by atoms with Gasteiger partial charge in [-0.1, -0.05) is 0 Å². The van der Waals surface area contributed by atoms with Gasteiger partial charge in [-0.3, -0.25) is 4.79 Å². The molecule has 1 atom stereocenters. The van der Waals surface area contributed by atoms with Crippen LogP contribution in [-0.4, -0.2) is 59.5 Å². The molecule has 21 heavy (non-hydrogen) atoms. The standard InChI is InChI=1S/C13H22N2O6/c1-6-19-9(16)8-13(11(17)20-7-2)14-10(12(3,4)18)15(5)21-13/h18H,6-8H2,1-5H3. The summed E-state index contributed by atoms with van der Waals surface area (Å²) in [5.74, 6) is -1.32. The molecule has 0 fully saturated rings. The van der Waals surface area contributed by atoms with Gasteiger partial charge < -0.3 is 14.6 Å². The first kappa shape index (κ1) is 17.4. The Bertz CT molecular complexity index is 442. The third kappa shape index (κ3) is 3.92. The van der Waals surface area contributed by atoms with Crippen molar-refractivity contribution in [3.63, 3.8) is 0 Å². The number of ether oxygens (including phenoxy) is 2.